The highest BCUT2D eigenvalue weighted by Gasteiger charge is 2.24. The second kappa shape index (κ2) is 9.20. The fraction of sp³-hybridized carbons (Fsp3) is 0.250. The third kappa shape index (κ3) is 5.44. The number of hydrogen-bond donors (Lipinski definition) is 0. The molecule has 0 aliphatic carbocycles. The average molecular weight is 425 g/mol. The summed E-state index contributed by atoms with van der Waals surface area (Å²) in [5.41, 5.74) is 2.41. The Morgan fingerprint density at radius 3 is 2.26 bits per heavy atom. The molecule has 3 aromatic rings. The number of benzene rings is 3. The summed E-state index contributed by atoms with van der Waals surface area (Å²) in [6, 6.07) is 26.4. The van der Waals surface area contributed by atoms with Gasteiger partial charge in [-0.25, -0.2) is 0 Å². The summed E-state index contributed by atoms with van der Waals surface area (Å²) in [6.45, 7) is 5.71. The molecule has 3 rings (SSSR count). The first-order valence-corrected chi connectivity index (χ1v) is 10.0. The predicted octanol–water partition coefficient (Wildman–Crippen LogP) is 7.13. The van der Waals surface area contributed by atoms with Gasteiger partial charge >= 0.3 is 0 Å². The van der Waals surface area contributed by atoms with Gasteiger partial charge in [0.1, 0.15) is 11.5 Å². The van der Waals surface area contributed by atoms with Gasteiger partial charge < -0.3 is 9.47 Å². The van der Waals surface area contributed by atoms with Crippen LogP contribution in [0.25, 0.3) is 0 Å². The van der Waals surface area contributed by atoms with Gasteiger partial charge in [0.25, 0.3) is 0 Å². The zero-order chi connectivity index (χ0) is 19.1. The lowest BCUT2D eigenvalue weighted by Gasteiger charge is -2.29. The first-order chi connectivity index (χ1) is 13.1. The van der Waals surface area contributed by atoms with E-state index in [9.17, 15) is 0 Å². The Labute approximate surface area is 170 Å². The lowest BCUT2D eigenvalue weighted by Crippen LogP contribution is -2.27. The van der Waals surface area contributed by atoms with E-state index in [1.165, 1.54) is 5.56 Å². The molecule has 140 valence electrons. The fourth-order valence-electron chi connectivity index (χ4n) is 2.96. The van der Waals surface area contributed by atoms with Crippen molar-refractivity contribution in [1.29, 1.82) is 0 Å². The maximum atomic E-state index is 6.10. The Bertz CT molecular complexity index is 846. The Kier molecular flexibility index (Phi) is 6.70. The monoisotopic (exact) mass is 424 g/mol. The Balaban J connectivity index is 1.61. The molecule has 3 aromatic carbocycles. The van der Waals surface area contributed by atoms with Gasteiger partial charge in [-0.2, -0.15) is 0 Å². The molecule has 0 spiro atoms. The standard InChI is InChI=1S/C24H25BrO2/c1-3-24(2,20-12-14-21(25)15-13-20)18-26-17-19-8-7-11-23(16-19)27-22-9-5-4-6-10-22/h4-16H,3,17-18H2,1-2H3. The van der Waals surface area contributed by atoms with Crippen molar-refractivity contribution >= 4 is 15.9 Å². The summed E-state index contributed by atoms with van der Waals surface area (Å²) in [7, 11) is 0. The van der Waals surface area contributed by atoms with Gasteiger partial charge in [-0.05, 0) is 53.9 Å². The predicted molar refractivity (Wildman–Crippen MR) is 114 cm³/mol. The molecule has 1 atom stereocenters. The molecule has 0 amide bonds. The van der Waals surface area contributed by atoms with E-state index in [0.717, 1.165) is 28.0 Å². The number of halogens is 1. The van der Waals surface area contributed by atoms with Crippen molar-refractivity contribution in [1.82, 2.24) is 0 Å². The zero-order valence-electron chi connectivity index (χ0n) is 15.8. The van der Waals surface area contributed by atoms with Crippen molar-refractivity contribution in [2.45, 2.75) is 32.3 Å². The van der Waals surface area contributed by atoms with Gasteiger partial charge in [0.15, 0.2) is 0 Å². The largest absolute Gasteiger partial charge is 0.457 e. The van der Waals surface area contributed by atoms with Gasteiger partial charge in [0.2, 0.25) is 0 Å². The van der Waals surface area contributed by atoms with E-state index >= 15 is 0 Å². The highest BCUT2D eigenvalue weighted by atomic mass is 79.9. The first kappa shape index (κ1) is 19.7. The molecule has 0 bridgehead atoms. The summed E-state index contributed by atoms with van der Waals surface area (Å²) in [6.07, 6.45) is 1.02. The Morgan fingerprint density at radius 1 is 0.852 bits per heavy atom. The number of rotatable bonds is 8. The van der Waals surface area contributed by atoms with Crippen LogP contribution in [0.15, 0.2) is 83.3 Å². The van der Waals surface area contributed by atoms with Crippen molar-refractivity contribution in [2.75, 3.05) is 6.61 Å². The molecule has 0 radical (unpaired) electrons. The molecule has 0 saturated heterocycles. The van der Waals surface area contributed by atoms with Crippen molar-refractivity contribution in [3.05, 3.63) is 94.5 Å². The minimum Gasteiger partial charge on any atom is -0.457 e. The summed E-state index contributed by atoms with van der Waals surface area (Å²) in [5.74, 6) is 1.66. The normalized spacial score (nSPS) is 13.1. The number of para-hydroxylation sites is 1. The van der Waals surface area contributed by atoms with Crippen LogP contribution in [-0.4, -0.2) is 6.61 Å². The van der Waals surface area contributed by atoms with Gasteiger partial charge in [-0.1, -0.05) is 72.2 Å². The number of ether oxygens (including phenoxy) is 2. The van der Waals surface area contributed by atoms with Crippen molar-refractivity contribution < 1.29 is 9.47 Å². The van der Waals surface area contributed by atoms with Crippen molar-refractivity contribution in [3.63, 3.8) is 0 Å². The molecule has 1 unspecified atom stereocenters. The Morgan fingerprint density at radius 2 is 1.56 bits per heavy atom. The summed E-state index contributed by atoms with van der Waals surface area (Å²) >= 11 is 3.50. The van der Waals surface area contributed by atoms with Crippen LogP contribution in [0.1, 0.15) is 31.4 Å². The third-order valence-corrected chi connectivity index (χ3v) is 5.42. The van der Waals surface area contributed by atoms with Crippen LogP contribution in [-0.2, 0) is 16.8 Å². The fourth-order valence-corrected chi connectivity index (χ4v) is 3.22. The molecule has 27 heavy (non-hydrogen) atoms. The van der Waals surface area contributed by atoms with Crippen LogP contribution in [0.2, 0.25) is 0 Å². The van der Waals surface area contributed by atoms with E-state index in [0.29, 0.717) is 13.2 Å². The lowest BCUT2D eigenvalue weighted by molar-refractivity contribution is 0.0747. The molecule has 3 heteroatoms. The molecule has 0 aliphatic heterocycles. The van der Waals surface area contributed by atoms with E-state index in [1.807, 2.05) is 48.5 Å². The second-order valence-corrected chi connectivity index (χ2v) is 7.89. The van der Waals surface area contributed by atoms with E-state index in [2.05, 4.69) is 60.1 Å². The molecule has 0 aliphatic rings. The van der Waals surface area contributed by atoms with Crippen LogP contribution in [0.3, 0.4) is 0 Å². The molecular formula is C24H25BrO2. The van der Waals surface area contributed by atoms with Crippen molar-refractivity contribution in [3.8, 4) is 11.5 Å². The quantitative estimate of drug-likeness (QED) is 0.382. The topological polar surface area (TPSA) is 18.5 Å². The highest BCUT2D eigenvalue weighted by molar-refractivity contribution is 9.10. The van der Waals surface area contributed by atoms with Crippen LogP contribution in [0.5, 0.6) is 11.5 Å². The maximum Gasteiger partial charge on any atom is 0.127 e. The molecule has 2 nitrogen and oxygen atoms in total. The van der Waals surface area contributed by atoms with Crippen LogP contribution in [0, 0.1) is 0 Å². The minimum absolute atomic E-state index is 0.00114. The minimum atomic E-state index is -0.00114. The SMILES string of the molecule is CCC(C)(COCc1cccc(Oc2ccccc2)c1)c1ccc(Br)cc1. The third-order valence-electron chi connectivity index (χ3n) is 4.89. The van der Waals surface area contributed by atoms with Gasteiger partial charge in [0, 0.05) is 9.89 Å². The Hall–Kier alpha value is -2.10. The van der Waals surface area contributed by atoms with Crippen molar-refractivity contribution in [2.24, 2.45) is 0 Å². The molecular weight excluding hydrogens is 400 g/mol. The molecule has 0 aromatic heterocycles. The summed E-state index contributed by atoms with van der Waals surface area (Å²) in [5, 5.41) is 0. The number of hydrogen-bond acceptors (Lipinski definition) is 2. The van der Waals surface area contributed by atoms with E-state index in [4.69, 9.17) is 9.47 Å². The van der Waals surface area contributed by atoms with E-state index in [-0.39, 0.29) is 5.41 Å². The molecule has 0 fully saturated rings. The molecule has 0 heterocycles. The van der Waals surface area contributed by atoms with Gasteiger partial charge in [-0.3, -0.25) is 0 Å². The zero-order valence-corrected chi connectivity index (χ0v) is 17.4. The van der Waals surface area contributed by atoms with E-state index < -0.39 is 0 Å². The van der Waals surface area contributed by atoms with Gasteiger partial charge in [-0.15, -0.1) is 0 Å². The second-order valence-electron chi connectivity index (χ2n) is 6.98. The average Bonchev–Trinajstić information content (AvgIpc) is 2.69. The highest BCUT2D eigenvalue weighted by Crippen LogP contribution is 2.29. The van der Waals surface area contributed by atoms with Gasteiger partial charge in [0.05, 0.1) is 13.2 Å². The maximum absolute atomic E-state index is 6.10. The van der Waals surface area contributed by atoms with E-state index in [1.54, 1.807) is 0 Å². The molecule has 0 saturated carbocycles. The molecule has 0 N–H and O–H groups in total. The smallest absolute Gasteiger partial charge is 0.127 e. The van der Waals surface area contributed by atoms with Crippen LogP contribution < -0.4 is 4.74 Å². The van der Waals surface area contributed by atoms with Crippen LogP contribution >= 0.6 is 15.9 Å². The van der Waals surface area contributed by atoms with Crippen LogP contribution in [0.4, 0.5) is 0 Å². The first-order valence-electron chi connectivity index (χ1n) is 9.25. The summed E-state index contributed by atoms with van der Waals surface area (Å²) < 4.78 is 13.1. The summed E-state index contributed by atoms with van der Waals surface area (Å²) in [4.78, 5) is 0. The lowest BCUT2D eigenvalue weighted by atomic mass is 9.81.